The first-order chi connectivity index (χ1) is 7.40. The highest BCUT2D eigenvalue weighted by molar-refractivity contribution is 7.90. The summed E-state index contributed by atoms with van der Waals surface area (Å²) < 4.78 is 21.7. The summed E-state index contributed by atoms with van der Waals surface area (Å²) >= 11 is 0. The van der Waals surface area contributed by atoms with Gasteiger partial charge in [-0.05, 0) is 25.7 Å². The van der Waals surface area contributed by atoms with Gasteiger partial charge >= 0.3 is 0 Å². The number of carbonyl (C=O) groups excluding carboxylic acids is 1. The number of sulfone groups is 1. The molecule has 90 valence electrons. The average Bonchev–Trinajstić information content (AvgIpc) is 2.10. The Morgan fingerprint density at radius 2 is 2.12 bits per heavy atom. The van der Waals surface area contributed by atoms with Crippen molar-refractivity contribution in [2.24, 2.45) is 5.41 Å². The van der Waals surface area contributed by atoms with Crippen molar-refractivity contribution in [1.29, 1.82) is 5.26 Å². The van der Waals surface area contributed by atoms with Crippen molar-refractivity contribution >= 4 is 15.7 Å². The molecule has 0 aromatic carbocycles. The molecule has 0 saturated heterocycles. The van der Waals surface area contributed by atoms with Crippen LogP contribution in [0.15, 0.2) is 0 Å². The Balaban J connectivity index is 2.29. The molecule has 16 heavy (non-hydrogen) atoms. The molecule has 0 aromatic rings. The minimum absolute atomic E-state index is 0.0623. The number of nitrogens with zero attached hydrogens (tertiary/aromatic N) is 1. The maximum absolute atomic E-state index is 11.6. The Bertz CT molecular complexity index is 404. The Kier molecular flexibility index (Phi) is 3.92. The van der Waals surface area contributed by atoms with E-state index in [9.17, 15) is 13.2 Å². The Morgan fingerprint density at radius 3 is 2.50 bits per heavy atom. The van der Waals surface area contributed by atoms with Crippen LogP contribution in [0.2, 0.25) is 0 Å². The van der Waals surface area contributed by atoms with Crippen molar-refractivity contribution < 1.29 is 13.2 Å². The fourth-order valence-corrected chi connectivity index (χ4v) is 2.29. The molecule has 5 nitrogen and oxygen atoms in total. The van der Waals surface area contributed by atoms with Crippen LogP contribution in [0.25, 0.3) is 0 Å². The molecule has 1 aliphatic carbocycles. The van der Waals surface area contributed by atoms with Gasteiger partial charge in [-0.2, -0.15) is 5.26 Å². The third-order valence-electron chi connectivity index (χ3n) is 2.83. The molecule has 1 aliphatic rings. The third kappa shape index (κ3) is 3.20. The molecule has 6 heteroatoms. The molecule has 1 fully saturated rings. The minimum Gasteiger partial charge on any atom is -0.355 e. The lowest BCUT2D eigenvalue weighted by molar-refractivity contribution is -0.131. The van der Waals surface area contributed by atoms with Crippen LogP contribution < -0.4 is 5.32 Å². The minimum atomic E-state index is -2.97. The van der Waals surface area contributed by atoms with Gasteiger partial charge in [0.1, 0.15) is 15.3 Å². The Hall–Kier alpha value is -1.09. The molecule has 0 atom stereocenters. The van der Waals surface area contributed by atoms with Crippen molar-refractivity contribution in [3.05, 3.63) is 0 Å². The fraction of sp³-hybridized carbons (Fsp3) is 0.800. The van der Waals surface area contributed by atoms with E-state index in [2.05, 4.69) is 5.32 Å². The lowest BCUT2D eigenvalue weighted by Gasteiger charge is -2.33. The van der Waals surface area contributed by atoms with E-state index in [1.807, 2.05) is 6.07 Å². The molecular formula is C10H16N2O3S. The van der Waals surface area contributed by atoms with E-state index in [1.165, 1.54) is 0 Å². The summed E-state index contributed by atoms with van der Waals surface area (Å²) in [5, 5.41) is 11.5. The van der Waals surface area contributed by atoms with Gasteiger partial charge < -0.3 is 5.32 Å². The van der Waals surface area contributed by atoms with E-state index in [-0.39, 0.29) is 11.7 Å². The SMILES string of the molecule is CS(=O)(=O)CCCNC(=O)C1(C#N)CCC1. The van der Waals surface area contributed by atoms with Crippen LogP contribution >= 0.6 is 0 Å². The van der Waals surface area contributed by atoms with Crippen molar-refractivity contribution in [2.45, 2.75) is 25.7 Å². The van der Waals surface area contributed by atoms with Gasteiger partial charge in [-0.1, -0.05) is 0 Å². The van der Waals surface area contributed by atoms with Crippen LogP contribution in [-0.2, 0) is 14.6 Å². The summed E-state index contributed by atoms with van der Waals surface area (Å²) in [5.41, 5.74) is -0.842. The highest BCUT2D eigenvalue weighted by Gasteiger charge is 2.44. The van der Waals surface area contributed by atoms with Gasteiger partial charge in [0.05, 0.1) is 11.8 Å². The van der Waals surface area contributed by atoms with Gasteiger partial charge in [0.25, 0.3) is 0 Å². The van der Waals surface area contributed by atoms with Gasteiger partial charge in [-0.3, -0.25) is 4.79 Å². The lowest BCUT2D eigenvalue weighted by Crippen LogP contribution is -2.45. The fourth-order valence-electron chi connectivity index (χ4n) is 1.63. The van der Waals surface area contributed by atoms with Gasteiger partial charge in [0, 0.05) is 12.8 Å². The molecule has 1 saturated carbocycles. The average molecular weight is 244 g/mol. The maximum atomic E-state index is 11.6. The first-order valence-electron chi connectivity index (χ1n) is 5.27. The summed E-state index contributed by atoms with van der Waals surface area (Å²) in [5.74, 6) is -0.193. The van der Waals surface area contributed by atoms with E-state index in [4.69, 9.17) is 5.26 Å². The van der Waals surface area contributed by atoms with E-state index in [0.29, 0.717) is 25.8 Å². The van der Waals surface area contributed by atoms with Crippen LogP contribution in [0.5, 0.6) is 0 Å². The molecule has 0 bridgehead atoms. The second-order valence-electron chi connectivity index (χ2n) is 4.29. The van der Waals surface area contributed by atoms with Gasteiger partial charge in [-0.15, -0.1) is 0 Å². The van der Waals surface area contributed by atoms with Crippen molar-refractivity contribution in [3.8, 4) is 6.07 Å². The first-order valence-corrected chi connectivity index (χ1v) is 7.33. The second-order valence-corrected chi connectivity index (χ2v) is 6.55. The maximum Gasteiger partial charge on any atom is 0.240 e. The summed E-state index contributed by atoms with van der Waals surface area (Å²) in [4.78, 5) is 11.6. The topological polar surface area (TPSA) is 87.0 Å². The zero-order valence-electron chi connectivity index (χ0n) is 9.32. The molecule has 0 unspecified atom stereocenters. The molecule has 1 rings (SSSR count). The lowest BCUT2D eigenvalue weighted by atomic mass is 9.69. The van der Waals surface area contributed by atoms with E-state index in [0.717, 1.165) is 12.7 Å². The number of nitrogens with one attached hydrogen (secondary N) is 1. The molecule has 0 aromatic heterocycles. The smallest absolute Gasteiger partial charge is 0.240 e. The van der Waals surface area contributed by atoms with Crippen LogP contribution in [0.4, 0.5) is 0 Å². The third-order valence-corrected chi connectivity index (χ3v) is 3.86. The van der Waals surface area contributed by atoms with E-state index < -0.39 is 15.3 Å². The zero-order chi connectivity index (χ0) is 12.2. The second kappa shape index (κ2) is 4.83. The standard InChI is InChI=1S/C10H16N2O3S/c1-16(14,15)7-3-6-12-9(13)10(8-11)4-2-5-10/h2-7H2,1H3,(H,12,13). The van der Waals surface area contributed by atoms with Crippen LogP contribution in [0.1, 0.15) is 25.7 Å². The summed E-state index contributed by atoms with van der Waals surface area (Å²) in [7, 11) is -2.97. The summed E-state index contributed by atoms with van der Waals surface area (Å²) in [6.07, 6.45) is 3.69. The van der Waals surface area contributed by atoms with Gasteiger partial charge in [0.2, 0.25) is 5.91 Å². The number of amides is 1. The number of rotatable bonds is 5. The first kappa shape index (κ1) is 13.0. The molecule has 1 amide bonds. The van der Waals surface area contributed by atoms with Crippen molar-refractivity contribution in [3.63, 3.8) is 0 Å². The van der Waals surface area contributed by atoms with E-state index >= 15 is 0 Å². The largest absolute Gasteiger partial charge is 0.355 e. The highest BCUT2D eigenvalue weighted by Crippen LogP contribution is 2.40. The Morgan fingerprint density at radius 1 is 1.50 bits per heavy atom. The van der Waals surface area contributed by atoms with E-state index in [1.54, 1.807) is 0 Å². The van der Waals surface area contributed by atoms with Crippen LogP contribution in [0, 0.1) is 16.7 Å². The van der Waals surface area contributed by atoms with Crippen LogP contribution in [0.3, 0.4) is 0 Å². The normalized spacial score (nSPS) is 18.2. The monoisotopic (exact) mass is 244 g/mol. The summed E-state index contributed by atoms with van der Waals surface area (Å²) in [6.45, 7) is 0.315. The molecule has 0 heterocycles. The predicted octanol–water partition coefficient (Wildman–Crippen LogP) is 0.231. The molecule has 1 N–H and O–H groups in total. The Labute approximate surface area is 95.7 Å². The molecular weight excluding hydrogens is 228 g/mol. The number of nitriles is 1. The number of carbonyl (C=O) groups is 1. The molecule has 0 aliphatic heterocycles. The van der Waals surface area contributed by atoms with Crippen molar-refractivity contribution in [1.82, 2.24) is 5.32 Å². The predicted molar refractivity (Wildman–Crippen MR) is 59.2 cm³/mol. The van der Waals surface area contributed by atoms with Crippen molar-refractivity contribution in [2.75, 3.05) is 18.6 Å². The molecule has 0 spiro atoms. The molecule has 0 radical (unpaired) electrons. The van der Waals surface area contributed by atoms with Gasteiger partial charge in [-0.25, -0.2) is 8.42 Å². The highest BCUT2D eigenvalue weighted by atomic mass is 32.2. The van der Waals surface area contributed by atoms with Gasteiger partial charge in [0.15, 0.2) is 0 Å². The number of hydrogen-bond donors (Lipinski definition) is 1. The quantitative estimate of drug-likeness (QED) is 0.701. The zero-order valence-corrected chi connectivity index (χ0v) is 10.1. The summed E-state index contributed by atoms with van der Waals surface area (Å²) in [6, 6.07) is 2.04. The number of hydrogen-bond acceptors (Lipinski definition) is 4. The van der Waals surface area contributed by atoms with Crippen LogP contribution in [-0.4, -0.2) is 32.9 Å².